The van der Waals surface area contributed by atoms with E-state index < -0.39 is 11.9 Å². The fraction of sp³-hybridized carbons (Fsp3) is 0.379. The van der Waals surface area contributed by atoms with Gasteiger partial charge in [-0.15, -0.1) is 0 Å². The zero-order chi connectivity index (χ0) is 25.6. The Balaban J connectivity index is 1.27. The molecule has 2 heterocycles. The molecule has 2 aromatic rings. The lowest BCUT2D eigenvalue weighted by molar-refractivity contribution is -0.139. The number of hydrogen-bond donors (Lipinski definition) is 0. The number of carbonyl (C=O) groups excluding carboxylic acids is 4. The third-order valence-electron chi connectivity index (χ3n) is 7.74. The summed E-state index contributed by atoms with van der Waals surface area (Å²) in [6.45, 7) is 6.01. The molecule has 0 aromatic heterocycles. The summed E-state index contributed by atoms with van der Waals surface area (Å²) in [5, 5.41) is 0. The van der Waals surface area contributed by atoms with Gasteiger partial charge in [-0.25, -0.2) is 4.90 Å². The molecule has 3 amide bonds. The van der Waals surface area contributed by atoms with Crippen LogP contribution < -0.4 is 9.64 Å². The van der Waals surface area contributed by atoms with Crippen molar-refractivity contribution in [2.24, 2.45) is 23.7 Å². The van der Waals surface area contributed by atoms with Crippen LogP contribution in [0.4, 0.5) is 5.69 Å². The molecule has 0 radical (unpaired) electrons. The van der Waals surface area contributed by atoms with E-state index in [2.05, 4.69) is 0 Å². The lowest BCUT2D eigenvalue weighted by Gasteiger charge is -2.25. The minimum atomic E-state index is -0.553. The van der Waals surface area contributed by atoms with Crippen molar-refractivity contribution in [3.63, 3.8) is 0 Å². The van der Waals surface area contributed by atoms with E-state index in [4.69, 9.17) is 4.74 Å². The summed E-state index contributed by atoms with van der Waals surface area (Å²) < 4.78 is 5.63. The van der Waals surface area contributed by atoms with Crippen LogP contribution in [0.3, 0.4) is 0 Å². The number of fused-ring (bicyclic) bond motifs is 1. The molecule has 0 bridgehead atoms. The second-order valence-corrected chi connectivity index (χ2v) is 10.1. The molecule has 2 aromatic carbocycles. The summed E-state index contributed by atoms with van der Waals surface area (Å²) in [7, 11) is 0. The van der Waals surface area contributed by atoms with E-state index >= 15 is 0 Å². The van der Waals surface area contributed by atoms with E-state index in [-0.39, 0.29) is 47.9 Å². The number of anilines is 1. The molecule has 2 fully saturated rings. The Bertz CT molecular complexity index is 1250. The highest BCUT2D eigenvalue weighted by atomic mass is 16.5. The van der Waals surface area contributed by atoms with Gasteiger partial charge in [-0.2, -0.15) is 0 Å². The summed E-state index contributed by atoms with van der Waals surface area (Å²) in [4.78, 5) is 54.7. The third-order valence-corrected chi connectivity index (χ3v) is 7.74. The third kappa shape index (κ3) is 4.12. The Morgan fingerprint density at radius 1 is 1.06 bits per heavy atom. The zero-order valence-electron chi connectivity index (χ0n) is 20.7. The van der Waals surface area contributed by atoms with Gasteiger partial charge in [-0.1, -0.05) is 49.4 Å². The molecule has 7 nitrogen and oxygen atoms in total. The van der Waals surface area contributed by atoms with Gasteiger partial charge in [0.2, 0.25) is 17.7 Å². The van der Waals surface area contributed by atoms with Gasteiger partial charge in [0, 0.05) is 13.0 Å². The lowest BCUT2D eigenvalue weighted by Crippen LogP contribution is -2.32. The number of carbonyl (C=O) groups is 4. The molecular weight excluding hydrogens is 456 g/mol. The first-order valence-corrected chi connectivity index (χ1v) is 12.5. The number of esters is 1. The van der Waals surface area contributed by atoms with Gasteiger partial charge in [-0.3, -0.25) is 19.2 Å². The summed E-state index contributed by atoms with van der Waals surface area (Å²) in [5.41, 5.74) is 2.20. The molecule has 36 heavy (non-hydrogen) atoms. The Kier molecular flexibility index (Phi) is 6.24. The van der Waals surface area contributed by atoms with Gasteiger partial charge >= 0.3 is 5.97 Å². The van der Waals surface area contributed by atoms with Crippen LogP contribution in [0.25, 0.3) is 0 Å². The van der Waals surface area contributed by atoms with Crippen molar-refractivity contribution in [1.82, 2.24) is 4.90 Å². The van der Waals surface area contributed by atoms with Gasteiger partial charge in [0.05, 0.1) is 29.5 Å². The number of ether oxygens (including phenoxy) is 1. The number of amides is 3. The first-order valence-electron chi connectivity index (χ1n) is 12.5. The molecule has 0 saturated carbocycles. The molecular formula is C29H30N2O5. The minimum absolute atomic E-state index is 0.0176. The van der Waals surface area contributed by atoms with Crippen LogP contribution in [-0.2, 0) is 19.2 Å². The molecule has 2 saturated heterocycles. The number of imide groups is 1. The van der Waals surface area contributed by atoms with Crippen LogP contribution in [0.15, 0.2) is 60.7 Å². The predicted molar refractivity (Wildman–Crippen MR) is 134 cm³/mol. The van der Waals surface area contributed by atoms with Crippen LogP contribution in [0.1, 0.15) is 43.9 Å². The Hall–Kier alpha value is -3.74. The first-order chi connectivity index (χ1) is 17.3. The molecule has 186 valence electrons. The molecule has 1 aliphatic carbocycles. The number of likely N-dealkylation sites (tertiary alicyclic amines) is 1. The highest BCUT2D eigenvalue weighted by molar-refractivity contribution is 6.22. The van der Waals surface area contributed by atoms with Crippen LogP contribution in [0.5, 0.6) is 5.75 Å². The quantitative estimate of drug-likeness (QED) is 0.274. The molecule has 7 heteroatoms. The second-order valence-electron chi connectivity index (χ2n) is 10.1. The summed E-state index contributed by atoms with van der Waals surface area (Å²) in [6, 6.07) is 14.5. The number of nitrogens with zero attached hydrogens (tertiary/aromatic N) is 2. The van der Waals surface area contributed by atoms with Crippen molar-refractivity contribution in [2.45, 2.75) is 39.7 Å². The van der Waals surface area contributed by atoms with Crippen molar-refractivity contribution in [1.29, 1.82) is 0 Å². The largest absolute Gasteiger partial charge is 0.426 e. The minimum Gasteiger partial charge on any atom is -0.426 e. The van der Waals surface area contributed by atoms with Crippen LogP contribution in [-0.4, -0.2) is 35.1 Å². The maximum atomic E-state index is 13.1. The average Bonchev–Trinajstić information content (AvgIpc) is 3.37. The van der Waals surface area contributed by atoms with Crippen LogP contribution in [0.2, 0.25) is 0 Å². The van der Waals surface area contributed by atoms with Gasteiger partial charge in [0.25, 0.3) is 0 Å². The van der Waals surface area contributed by atoms with E-state index in [0.29, 0.717) is 30.0 Å². The van der Waals surface area contributed by atoms with Crippen molar-refractivity contribution < 1.29 is 23.9 Å². The maximum absolute atomic E-state index is 13.1. The first kappa shape index (κ1) is 24.0. The Morgan fingerprint density at radius 3 is 2.50 bits per heavy atom. The van der Waals surface area contributed by atoms with E-state index in [1.807, 2.05) is 56.3 Å². The highest BCUT2D eigenvalue weighted by Crippen LogP contribution is 2.41. The summed E-state index contributed by atoms with van der Waals surface area (Å²) >= 11 is 0. The van der Waals surface area contributed by atoms with Gasteiger partial charge in [0.1, 0.15) is 5.75 Å². The number of benzene rings is 2. The van der Waals surface area contributed by atoms with Crippen molar-refractivity contribution in [2.75, 3.05) is 11.4 Å². The van der Waals surface area contributed by atoms with Gasteiger partial charge in [0.15, 0.2) is 0 Å². The number of aryl methyl sites for hydroxylation is 1. The topological polar surface area (TPSA) is 84.0 Å². The molecule has 5 atom stereocenters. The van der Waals surface area contributed by atoms with E-state index in [1.165, 1.54) is 4.90 Å². The fourth-order valence-corrected chi connectivity index (χ4v) is 5.70. The summed E-state index contributed by atoms with van der Waals surface area (Å²) in [5.74, 6) is -1.75. The molecule has 0 unspecified atom stereocenters. The van der Waals surface area contributed by atoms with E-state index in [1.54, 1.807) is 30.0 Å². The number of hydrogen-bond acceptors (Lipinski definition) is 5. The molecule has 0 N–H and O–H groups in total. The average molecular weight is 487 g/mol. The Labute approximate surface area is 210 Å². The molecule has 0 spiro atoms. The lowest BCUT2D eigenvalue weighted by atomic mass is 9.78. The smallest absolute Gasteiger partial charge is 0.316 e. The molecule has 2 aliphatic heterocycles. The SMILES string of the molecule is Cc1cc(OC(=O)[C@@H]2CC(=O)N([C@H](C)c3ccccc3)C2)ccc1N1C(=O)[C@H]2[C@@H](C)C=CC[C@H]2C1=O. The van der Waals surface area contributed by atoms with Crippen molar-refractivity contribution in [3.8, 4) is 5.75 Å². The summed E-state index contributed by atoms with van der Waals surface area (Å²) in [6.07, 6.45) is 4.66. The standard InChI is InChI=1S/C29H30N2O5/c1-17-8-7-11-23-26(17)28(34)31(27(23)33)24-13-12-22(14-18(24)2)36-29(35)21-15-25(32)30(16-21)19(3)20-9-5-4-6-10-20/h4-10,12-14,17,19,21,23,26H,11,15-16H2,1-3H3/t17-,19+,21+,23+,26-/m0/s1. The maximum Gasteiger partial charge on any atom is 0.316 e. The second kappa shape index (κ2) is 9.37. The predicted octanol–water partition coefficient (Wildman–Crippen LogP) is 4.21. The number of rotatable bonds is 5. The van der Waals surface area contributed by atoms with Crippen LogP contribution >= 0.6 is 0 Å². The van der Waals surface area contributed by atoms with E-state index in [0.717, 1.165) is 5.56 Å². The fourth-order valence-electron chi connectivity index (χ4n) is 5.70. The van der Waals surface area contributed by atoms with Gasteiger partial charge < -0.3 is 9.64 Å². The monoisotopic (exact) mass is 486 g/mol. The van der Waals surface area contributed by atoms with Crippen LogP contribution in [0, 0.1) is 30.6 Å². The molecule has 3 aliphatic rings. The number of allylic oxidation sites excluding steroid dienone is 2. The molecule has 5 rings (SSSR count). The zero-order valence-corrected chi connectivity index (χ0v) is 20.7. The Morgan fingerprint density at radius 2 is 1.81 bits per heavy atom. The van der Waals surface area contributed by atoms with E-state index in [9.17, 15) is 19.2 Å². The van der Waals surface area contributed by atoms with Crippen molar-refractivity contribution >= 4 is 29.4 Å². The highest BCUT2D eigenvalue weighted by Gasteiger charge is 2.50. The normalized spacial score (nSPS) is 26.4. The van der Waals surface area contributed by atoms with Crippen molar-refractivity contribution in [3.05, 3.63) is 71.8 Å². The van der Waals surface area contributed by atoms with Gasteiger partial charge in [-0.05, 0) is 55.5 Å².